The molecule has 3 heterocycles. The van der Waals surface area contributed by atoms with Crippen LogP contribution in [0.1, 0.15) is 51.9 Å². The predicted molar refractivity (Wildman–Crippen MR) is 83.1 cm³/mol. The van der Waals surface area contributed by atoms with E-state index in [2.05, 4.69) is 10.2 Å². The van der Waals surface area contributed by atoms with Crippen molar-refractivity contribution in [1.29, 1.82) is 0 Å². The van der Waals surface area contributed by atoms with Crippen LogP contribution < -0.4 is 5.32 Å². The zero-order valence-corrected chi connectivity index (χ0v) is 13.4. The highest BCUT2D eigenvalue weighted by atomic mass is 16.5. The Labute approximate surface area is 128 Å². The predicted octanol–water partition coefficient (Wildman–Crippen LogP) is 2.18. The zero-order chi connectivity index (χ0) is 14.7. The minimum Gasteiger partial charge on any atom is -0.466 e. The second kappa shape index (κ2) is 7.10. The fraction of sp³-hybridized carbons (Fsp3) is 0.941. The van der Waals surface area contributed by atoms with Crippen molar-refractivity contribution >= 4 is 5.97 Å². The van der Waals surface area contributed by atoms with E-state index in [1.54, 1.807) is 0 Å². The lowest BCUT2D eigenvalue weighted by atomic mass is 9.70. The molecule has 0 spiro atoms. The van der Waals surface area contributed by atoms with Crippen molar-refractivity contribution in [1.82, 2.24) is 10.2 Å². The van der Waals surface area contributed by atoms with E-state index in [0.717, 1.165) is 30.7 Å². The summed E-state index contributed by atoms with van der Waals surface area (Å²) in [5.41, 5.74) is 0. The molecule has 3 fully saturated rings. The first kappa shape index (κ1) is 15.3. The lowest BCUT2D eigenvalue weighted by Crippen LogP contribution is -2.63. The van der Waals surface area contributed by atoms with Crippen molar-refractivity contribution in [3.63, 3.8) is 0 Å². The summed E-state index contributed by atoms with van der Waals surface area (Å²) in [4.78, 5) is 14.2. The standard InChI is InChI=1S/C17H30N2O2/c1-2-21-16(20)9-3-8-15-14-7-5-11-19-10-4-6-13(12-18-15)17(14)19/h13-15,17-18H,2-12H2,1H3/t13-,14-,15-,17+/m0/s1. The summed E-state index contributed by atoms with van der Waals surface area (Å²) in [5.74, 6) is 1.64. The summed E-state index contributed by atoms with van der Waals surface area (Å²) >= 11 is 0. The Bertz CT molecular complexity index is 352. The van der Waals surface area contributed by atoms with Crippen molar-refractivity contribution < 1.29 is 9.53 Å². The Kier molecular flexibility index (Phi) is 5.17. The molecule has 4 heteroatoms. The third-order valence-electron chi connectivity index (χ3n) is 5.71. The highest BCUT2D eigenvalue weighted by Gasteiger charge is 2.45. The van der Waals surface area contributed by atoms with Gasteiger partial charge in [-0.2, -0.15) is 0 Å². The smallest absolute Gasteiger partial charge is 0.305 e. The van der Waals surface area contributed by atoms with Gasteiger partial charge in [-0.15, -0.1) is 0 Å². The number of hydrogen-bond donors (Lipinski definition) is 1. The molecule has 0 radical (unpaired) electrons. The monoisotopic (exact) mass is 294 g/mol. The summed E-state index contributed by atoms with van der Waals surface area (Å²) in [5, 5.41) is 3.80. The number of carbonyl (C=O) groups excluding carboxylic acids is 1. The van der Waals surface area contributed by atoms with Gasteiger partial charge in [0.1, 0.15) is 0 Å². The van der Waals surface area contributed by atoms with Crippen molar-refractivity contribution in [2.75, 3.05) is 26.2 Å². The molecular formula is C17H30N2O2. The third kappa shape index (κ3) is 3.42. The van der Waals surface area contributed by atoms with Gasteiger partial charge in [-0.25, -0.2) is 0 Å². The Balaban J connectivity index is 1.53. The molecule has 3 saturated heterocycles. The van der Waals surface area contributed by atoms with Crippen LogP contribution in [0.5, 0.6) is 0 Å². The van der Waals surface area contributed by atoms with E-state index in [-0.39, 0.29) is 5.97 Å². The van der Waals surface area contributed by atoms with Crippen LogP contribution in [0.4, 0.5) is 0 Å². The second-order valence-electron chi connectivity index (χ2n) is 6.95. The largest absolute Gasteiger partial charge is 0.466 e. The average Bonchev–Trinajstić information content (AvgIpc) is 2.50. The van der Waals surface area contributed by atoms with Crippen molar-refractivity contribution in [2.45, 2.75) is 64.0 Å². The zero-order valence-electron chi connectivity index (χ0n) is 13.4. The number of esters is 1. The highest BCUT2D eigenvalue weighted by Crippen LogP contribution is 2.39. The van der Waals surface area contributed by atoms with E-state index in [0.29, 0.717) is 19.1 Å². The van der Waals surface area contributed by atoms with Crippen molar-refractivity contribution in [3.05, 3.63) is 0 Å². The minimum absolute atomic E-state index is 0.0332. The Morgan fingerprint density at radius 2 is 2.10 bits per heavy atom. The van der Waals surface area contributed by atoms with Crippen LogP contribution in [0.25, 0.3) is 0 Å². The Morgan fingerprint density at radius 1 is 1.29 bits per heavy atom. The molecule has 21 heavy (non-hydrogen) atoms. The molecule has 3 rings (SSSR count). The summed E-state index contributed by atoms with van der Waals surface area (Å²) in [6.07, 6.45) is 8.17. The number of nitrogens with zero attached hydrogens (tertiary/aromatic N) is 1. The molecule has 3 aliphatic heterocycles. The molecule has 0 aromatic heterocycles. The van der Waals surface area contributed by atoms with Crippen LogP contribution in [-0.4, -0.2) is 49.2 Å². The second-order valence-corrected chi connectivity index (χ2v) is 6.95. The molecular weight excluding hydrogens is 264 g/mol. The maximum absolute atomic E-state index is 11.5. The SMILES string of the molecule is CCOC(=O)CCC[C@@H]1NC[C@@H]2CCCN3CCC[C@@H]1[C@@H]23. The van der Waals surface area contributed by atoms with E-state index in [9.17, 15) is 4.79 Å². The van der Waals surface area contributed by atoms with E-state index in [1.165, 1.54) is 45.3 Å². The minimum atomic E-state index is -0.0332. The lowest BCUT2D eigenvalue weighted by Gasteiger charge is -2.54. The molecule has 120 valence electrons. The molecule has 0 bridgehead atoms. The number of nitrogens with one attached hydrogen (secondary N) is 1. The Morgan fingerprint density at radius 3 is 2.90 bits per heavy atom. The molecule has 0 amide bonds. The normalized spacial score (nSPS) is 36.0. The Hall–Kier alpha value is -0.610. The molecule has 0 unspecified atom stereocenters. The summed E-state index contributed by atoms with van der Waals surface area (Å²) < 4.78 is 5.03. The maximum atomic E-state index is 11.5. The third-order valence-corrected chi connectivity index (χ3v) is 5.71. The first-order valence-corrected chi connectivity index (χ1v) is 8.92. The first-order chi connectivity index (χ1) is 10.3. The van der Waals surface area contributed by atoms with Gasteiger partial charge in [0.2, 0.25) is 0 Å². The maximum Gasteiger partial charge on any atom is 0.305 e. The molecule has 0 saturated carbocycles. The summed E-state index contributed by atoms with van der Waals surface area (Å²) in [6.45, 7) is 6.18. The lowest BCUT2D eigenvalue weighted by molar-refractivity contribution is -0.143. The van der Waals surface area contributed by atoms with E-state index >= 15 is 0 Å². The van der Waals surface area contributed by atoms with Gasteiger partial charge in [0.15, 0.2) is 0 Å². The molecule has 0 aliphatic carbocycles. The van der Waals surface area contributed by atoms with Gasteiger partial charge < -0.3 is 10.1 Å². The first-order valence-electron chi connectivity index (χ1n) is 8.92. The molecule has 4 atom stereocenters. The molecule has 0 aromatic carbocycles. The number of piperidine rings is 3. The quantitative estimate of drug-likeness (QED) is 0.789. The van der Waals surface area contributed by atoms with Gasteiger partial charge in [-0.1, -0.05) is 0 Å². The van der Waals surface area contributed by atoms with Crippen LogP contribution in [0.3, 0.4) is 0 Å². The number of ether oxygens (including phenoxy) is 1. The topological polar surface area (TPSA) is 41.6 Å². The summed E-state index contributed by atoms with van der Waals surface area (Å²) in [7, 11) is 0. The highest BCUT2D eigenvalue weighted by molar-refractivity contribution is 5.69. The van der Waals surface area contributed by atoms with Crippen molar-refractivity contribution in [3.8, 4) is 0 Å². The fourth-order valence-electron chi connectivity index (χ4n) is 4.89. The van der Waals surface area contributed by atoms with Gasteiger partial charge in [-0.3, -0.25) is 9.69 Å². The summed E-state index contributed by atoms with van der Waals surface area (Å²) in [6, 6.07) is 1.43. The van der Waals surface area contributed by atoms with Crippen molar-refractivity contribution in [2.24, 2.45) is 11.8 Å². The number of hydrogen-bond acceptors (Lipinski definition) is 4. The van der Waals surface area contributed by atoms with Gasteiger partial charge in [-0.05, 0) is 76.9 Å². The van der Waals surface area contributed by atoms with Crippen LogP contribution in [0, 0.1) is 11.8 Å². The van der Waals surface area contributed by atoms with Crippen LogP contribution in [0.15, 0.2) is 0 Å². The molecule has 4 nitrogen and oxygen atoms in total. The van der Waals surface area contributed by atoms with Gasteiger partial charge in [0.05, 0.1) is 6.61 Å². The van der Waals surface area contributed by atoms with Gasteiger partial charge in [0, 0.05) is 18.5 Å². The van der Waals surface area contributed by atoms with Crippen LogP contribution >= 0.6 is 0 Å². The van der Waals surface area contributed by atoms with Crippen LogP contribution in [0.2, 0.25) is 0 Å². The van der Waals surface area contributed by atoms with E-state index in [1.807, 2.05) is 6.92 Å². The van der Waals surface area contributed by atoms with Gasteiger partial charge in [0.25, 0.3) is 0 Å². The van der Waals surface area contributed by atoms with E-state index in [4.69, 9.17) is 4.74 Å². The number of carbonyl (C=O) groups is 1. The van der Waals surface area contributed by atoms with Gasteiger partial charge >= 0.3 is 5.97 Å². The molecule has 1 N–H and O–H groups in total. The van der Waals surface area contributed by atoms with Crippen LogP contribution in [-0.2, 0) is 9.53 Å². The fourth-order valence-corrected chi connectivity index (χ4v) is 4.89. The number of rotatable bonds is 5. The average molecular weight is 294 g/mol. The molecule has 0 aromatic rings. The van der Waals surface area contributed by atoms with E-state index < -0.39 is 0 Å². The molecule has 3 aliphatic rings.